The minimum absolute atomic E-state index is 0.165. The lowest BCUT2D eigenvalue weighted by atomic mass is 10.1. The van der Waals surface area contributed by atoms with E-state index in [2.05, 4.69) is 12.2 Å². The van der Waals surface area contributed by atoms with Crippen molar-refractivity contribution in [2.75, 3.05) is 0 Å². The molecule has 0 aliphatic heterocycles. The first-order chi connectivity index (χ1) is 5.70. The van der Waals surface area contributed by atoms with Gasteiger partial charge in [-0.25, -0.2) is 0 Å². The maximum absolute atomic E-state index is 11.0. The molecule has 1 aliphatic rings. The molecule has 0 spiro atoms. The Hall–Kier alpha value is -0.240. The molecule has 1 rings (SSSR count). The van der Waals surface area contributed by atoms with Crippen LogP contribution >= 0.6 is 11.8 Å². The number of allylic oxidation sites excluding steroid dienone is 1. The number of Topliss-reactive ketones (excluding diaryl/α,β-unsaturated/α-hetero) is 1. The minimum Gasteiger partial charge on any atom is -0.299 e. The molecule has 1 aliphatic carbocycles. The van der Waals surface area contributed by atoms with Gasteiger partial charge < -0.3 is 0 Å². The average molecular weight is 184 g/mol. The second-order valence-corrected chi connectivity index (χ2v) is 4.87. The quantitative estimate of drug-likeness (QED) is 0.627. The van der Waals surface area contributed by atoms with Crippen molar-refractivity contribution in [1.82, 2.24) is 0 Å². The molecule has 1 nitrogen and oxygen atoms in total. The van der Waals surface area contributed by atoms with Gasteiger partial charge in [-0.2, -0.15) is 0 Å². The van der Waals surface area contributed by atoms with Crippen molar-refractivity contribution in [2.45, 2.75) is 43.6 Å². The zero-order chi connectivity index (χ0) is 8.97. The van der Waals surface area contributed by atoms with Crippen molar-refractivity contribution in [3.05, 3.63) is 12.2 Å². The molecular formula is C10H16OS. The predicted octanol–water partition coefficient (Wildman–Crippen LogP) is 2.81. The first-order valence-corrected chi connectivity index (χ1v) is 5.47. The summed E-state index contributed by atoms with van der Waals surface area (Å²) in [6.07, 6.45) is 8.20. The highest BCUT2D eigenvalue weighted by molar-refractivity contribution is 8.01. The van der Waals surface area contributed by atoms with Crippen molar-refractivity contribution in [3.63, 3.8) is 0 Å². The normalized spacial score (nSPS) is 25.3. The van der Waals surface area contributed by atoms with E-state index >= 15 is 0 Å². The molecule has 12 heavy (non-hydrogen) atoms. The molecule has 68 valence electrons. The number of carbonyl (C=O) groups is 1. The van der Waals surface area contributed by atoms with Crippen LogP contribution in [0.3, 0.4) is 0 Å². The first kappa shape index (κ1) is 9.85. The number of carbonyl (C=O) groups excluding carboxylic acids is 1. The molecule has 0 heterocycles. The van der Waals surface area contributed by atoms with Gasteiger partial charge in [0.15, 0.2) is 0 Å². The maximum atomic E-state index is 11.0. The van der Waals surface area contributed by atoms with Crippen LogP contribution in [0, 0.1) is 0 Å². The highest BCUT2D eigenvalue weighted by Gasteiger charge is 2.15. The molecular weight excluding hydrogens is 168 g/mol. The van der Waals surface area contributed by atoms with Gasteiger partial charge in [0.2, 0.25) is 0 Å². The van der Waals surface area contributed by atoms with Crippen LogP contribution in [-0.2, 0) is 4.79 Å². The van der Waals surface area contributed by atoms with Gasteiger partial charge in [-0.3, -0.25) is 4.79 Å². The number of hydrogen-bond donors (Lipinski definition) is 0. The summed E-state index contributed by atoms with van der Waals surface area (Å²) in [4.78, 5) is 11.0. The molecule has 0 saturated heterocycles. The van der Waals surface area contributed by atoms with Crippen molar-refractivity contribution < 1.29 is 4.79 Å². The second-order valence-electron chi connectivity index (χ2n) is 3.29. The topological polar surface area (TPSA) is 17.1 Å². The monoisotopic (exact) mass is 184 g/mol. The molecule has 0 radical (unpaired) electrons. The van der Waals surface area contributed by atoms with Gasteiger partial charge in [0.05, 0.1) is 5.25 Å². The molecule has 0 N–H and O–H groups in total. The van der Waals surface area contributed by atoms with E-state index in [1.54, 1.807) is 18.7 Å². The summed E-state index contributed by atoms with van der Waals surface area (Å²) in [5.74, 6) is 0.291. The van der Waals surface area contributed by atoms with Gasteiger partial charge in [0.25, 0.3) is 0 Å². The van der Waals surface area contributed by atoms with Crippen LogP contribution in [0.1, 0.15) is 33.1 Å². The van der Waals surface area contributed by atoms with Gasteiger partial charge >= 0.3 is 0 Å². The number of hydrogen-bond acceptors (Lipinski definition) is 2. The van der Waals surface area contributed by atoms with Crippen LogP contribution in [0.25, 0.3) is 0 Å². The lowest BCUT2D eigenvalue weighted by Gasteiger charge is -2.18. The van der Waals surface area contributed by atoms with E-state index in [9.17, 15) is 4.79 Å². The van der Waals surface area contributed by atoms with E-state index < -0.39 is 0 Å². The standard InChI is InChI=1S/C10H16OS/c1-8(11)9(2)12-10-6-4-3-5-7-10/h4,6,9-10H,3,5,7H2,1-2H3. The third-order valence-electron chi connectivity index (χ3n) is 2.16. The molecule has 2 atom stereocenters. The Morgan fingerprint density at radius 2 is 2.42 bits per heavy atom. The third-order valence-corrected chi connectivity index (χ3v) is 3.64. The fraction of sp³-hybridized carbons (Fsp3) is 0.700. The molecule has 0 aromatic rings. The van der Waals surface area contributed by atoms with Crippen LogP contribution in [0.4, 0.5) is 0 Å². The van der Waals surface area contributed by atoms with E-state index in [0.717, 1.165) is 0 Å². The lowest BCUT2D eigenvalue weighted by molar-refractivity contribution is -0.116. The zero-order valence-corrected chi connectivity index (χ0v) is 8.56. The van der Waals surface area contributed by atoms with Crippen molar-refractivity contribution >= 4 is 17.5 Å². The average Bonchev–Trinajstić information content (AvgIpc) is 2.06. The van der Waals surface area contributed by atoms with Crippen LogP contribution in [0.15, 0.2) is 12.2 Å². The Morgan fingerprint density at radius 1 is 1.67 bits per heavy atom. The summed E-state index contributed by atoms with van der Waals surface area (Å²) in [6.45, 7) is 3.67. The molecule has 2 unspecified atom stereocenters. The van der Waals surface area contributed by atoms with E-state index in [1.807, 2.05) is 6.92 Å². The summed E-state index contributed by atoms with van der Waals surface area (Å²) in [5.41, 5.74) is 0. The smallest absolute Gasteiger partial charge is 0.142 e. The summed E-state index contributed by atoms with van der Waals surface area (Å²) in [6, 6.07) is 0. The van der Waals surface area contributed by atoms with E-state index in [1.165, 1.54) is 19.3 Å². The largest absolute Gasteiger partial charge is 0.299 e. The summed E-state index contributed by atoms with van der Waals surface area (Å²) >= 11 is 1.79. The predicted molar refractivity (Wildman–Crippen MR) is 54.5 cm³/mol. The number of rotatable bonds is 3. The van der Waals surface area contributed by atoms with Gasteiger partial charge in [-0.15, -0.1) is 11.8 Å². The molecule has 0 saturated carbocycles. The van der Waals surface area contributed by atoms with Gasteiger partial charge in [-0.05, 0) is 33.1 Å². The van der Waals surface area contributed by atoms with E-state index in [4.69, 9.17) is 0 Å². The molecule has 2 heteroatoms. The van der Waals surface area contributed by atoms with E-state index in [0.29, 0.717) is 11.0 Å². The molecule has 0 aromatic heterocycles. The zero-order valence-electron chi connectivity index (χ0n) is 7.75. The maximum Gasteiger partial charge on any atom is 0.142 e. The Labute approximate surface area is 78.6 Å². The summed E-state index contributed by atoms with van der Waals surface area (Å²) in [7, 11) is 0. The van der Waals surface area contributed by atoms with Crippen LogP contribution in [-0.4, -0.2) is 16.3 Å². The number of ketones is 1. The van der Waals surface area contributed by atoms with Crippen molar-refractivity contribution in [2.24, 2.45) is 0 Å². The minimum atomic E-state index is 0.165. The fourth-order valence-corrected chi connectivity index (χ4v) is 2.47. The Kier molecular flexibility index (Phi) is 3.86. The molecule has 0 aromatic carbocycles. The highest BCUT2D eigenvalue weighted by atomic mass is 32.2. The van der Waals surface area contributed by atoms with Crippen molar-refractivity contribution in [1.29, 1.82) is 0 Å². The Bertz CT molecular complexity index is 186. The molecule has 0 bridgehead atoms. The number of thioether (sulfide) groups is 1. The first-order valence-electron chi connectivity index (χ1n) is 4.52. The third kappa shape index (κ3) is 3.02. The summed E-state index contributed by atoms with van der Waals surface area (Å²) in [5, 5.41) is 0.746. The van der Waals surface area contributed by atoms with Gasteiger partial charge in [0.1, 0.15) is 5.78 Å². The van der Waals surface area contributed by atoms with Gasteiger partial charge in [0, 0.05) is 5.25 Å². The fourth-order valence-electron chi connectivity index (χ4n) is 1.25. The lowest BCUT2D eigenvalue weighted by Crippen LogP contribution is -2.14. The Balaban J connectivity index is 2.34. The van der Waals surface area contributed by atoms with Crippen LogP contribution in [0.2, 0.25) is 0 Å². The van der Waals surface area contributed by atoms with Crippen LogP contribution in [0.5, 0.6) is 0 Å². The Morgan fingerprint density at radius 3 is 2.92 bits per heavy atom. The van der Waals surface area contributed by atoms with Crippen molar-refractivity contribution in [3.8, 4) is 0 Å². The summed E-state index contributed by atoms with van der Waals surface area (Å²) < 4.78 is 0. The van der Waals surface area contributed by atoms with Gasteiger partial charge in [-0.1, -0.05) is 12.2 Å². The second kappa shape index (κ2) is 4.70. The highest BCUT2D eigenvalue weighted by Crippen LogP contribution is 2.26. The molecule has 0 fully saturated rings. The van der Waals surface area contributed by atoms with E-state index in [-0.39, 0.29) is 5.25 Å². The molecule has 0 amide bonds. The SMILES string of the molecule is CC(=O)C(C)SC1C=CCCC1. The van der Waals surface area contributed by atoms with Crippen LogP contribution < -0.4 is 0 Å².